The van der Waals surface area contributed by atoms with Crippen molar-refractivity contribution in [2.24, 2.45) is 0 Å². The van der Waals surface area contributed by atoms with E-state index in [-0.39, 0.29) is 10.6 Å². The van der Waals surface area contributed by atoms with Crippen LogP contribution in [0.15, 0.2) is 17.0 Å². The van der Waals surface area contributed by atoms with Gasteiger partial charge in [-0.1, -0.05) is 12.8 Å². The largest absolute Gasteiger partial charge is 0.398 e. The number of aliphatic hydroxyl groups is 1. The molecule has 0 saturated heterocycles. The van der Waals surface area contributed by atoms with Crippen molar-refractivity contribution in [2.45, 2.75) is 56.6 Å². The van der Waals surface area contributed by atoms with Crippen LogP contribution >= 0.6 is 0 Å². The monoisotopic (exact) mass is 298 g/mol. The van der Waals surface area contributed by atoms with E-state index >= 15 is 0 Å². The lowest BCUT2D eigenvalue weighted by Crippen LogP contribution is -2.45. The van der Waals surface area contributed by atoms with E-state index < -0.39 is 22.2 Å². The lowest BCUT2D eigenvalue weighted by Gasteiger charge is -2.28. The third-order valence-corrected chi connectivity index (χ3v) is 5.50. The van der Waals surface area contributed by atoms with Crippen LogP contribution in [0.25, 0.3) is 0 Å². The van der Waals surface area contributed by atoms with E-state index in [0.29, 0.717) is 12.8 Å². The number of aryl methyl sites for hydroxylation is 2. The van der Waals surface area contributed by atoms with Gasteiger partial charge in [-0.3, -0.25) is 0 Å². The fourth-order valence-electron chi connectivity index (χ4n) is 2.56. The highest BCUT2D eigenvalue weighted by Crippen LogP contribution is 2.25. The normalized spacial score (nSPS) is 23.8. The molecule has 112 valence electrons. The Morgan fingerprint density at radius 3 is 2.45 bits per heavy atom. The highest BCUT2D eigenvalue weighted by atomic mass is 32.2. The molecule has 0 unspecified atom stereocenters. The lowest BCUT2D eigenvalue weighted by molar-refractivity contribution is 0.101. The molecule has 0 spiro atoms. The van der Waals surface area contributed by atoms with Crippen molar-refractivity contribution in [3.8, 4) is 0 Å². The van der Waals surface area contributed by atoms with Crippen molar-refractivity contribution in [1.82, 2.24) is 4.72 Å². The average molecular weight is 298 g/mol. The van der Waals surface area contributed by atoms with E-state index in [1.165, 1.54) is 0 Å². The summed E-state index contributed by atoms with van der Waals surface area (Å²) in [5.74, 6) is 0. The summed E-state index contributed by atoms with van der Waals surface area (Å²) in [6, 6.07) is 2.83. The molecule has 1 saturated carbocycles. The number of nitrogens with one attached hydrogen (secondary N) is 1. The first-order valence-corrected chi connectivity index (χ1v) is 8.36. The fourth-order valence-corrected chi connectivity index (χ4v) is 4.06. The number of sulfonamides is 1. The second-order valence-electron chi connectivity index (χ2n) is 5.55. The lowest BCUT2D eigenvalue weighted by atomic mass is 9.93. The Balaban J connectivity index is 2.28. The first kappa shape index (κ1) is 15.3. The number of nitrogens with two attached hydrogens (primary N) is 1. The molecule has 2 rings (SSSR count). The SMILES string of the molecule is Cc1cc(N)c(S(=O)(=O)N[C@H]2CCCC[C@@H]2O)cc1C. The summed E-state index contributed by atoms with van der Waals surface area (Å²) in [5.41, 5.74) is 7.91. The highest BCUT2D eigenvalue weighted by molar-refractivity contribution is 7.89. The number of rotatable bonds is 3. The van der Waals surface area contributed by atoms with Crippen molar-refractivity contribution in [3.63, 3.8) is 0 Å². The van der Waals surface area contributed by atoms with E-state index in [0.717, 1.165) is 24.0 Å². The molecule has 1 fully saturated rings. The van der Waals surface area contributed by atoms with Crippen LogP contribution in [-0.2, 0) is 10.0 Å². The minimum Gasteiger partial charge on any atom is -0.398 e. The van der Waals surface area contributed by atoms with Gasteiger partial charge >= 0.3 is 0 Å². The van der Waals surface area contributed by atoms with Gasteiger partial charge in [0.1, 0.15) is 4.90 Å². The van der Waals surface area contributed by atoms with Crippen molar-refractivity contribution in [3.05, 3.63) is 23.3 Å². The van der Waals surface area contributed by atoms with E-state index in [4.69, 9.17) is 5.73 Å². The number of nitrogen functional groups attached to an aromatic ring is 1. The maximum atomic E-state index is 12.4. The second kappa shape index (κ2) is 5.71. The van der Waals surface area contributed by atoms with Crippen molar-refractivity contribution in [2.75, 3.05) is 5.73 Å². The molecule has 4 N–H and O–H groups in total. The summed E-state index contributed by atoms with van der Waals surface area (Å²) in [6.45, 7) is 3.74. The summed E-state index contributed by atoms with van der Waals surface area (Å²) < 4.78 is 27.4. The van der Waals surface area contributed by atoms with Crippen LogP contribution in [0.4, 0.5) is 5.69 Å². The smallest absolute Gasteiger partial charge is 0.242 e. The van der Waals surface area contributed by atoms with E-state index in [2.05, 4.69) is 4.72 Å². The highest BCUT2D eigenvalue weighted by Gasteiger charge is 2.29. The van der Waals surface area contributed by atoms with Gasteiger partial charge in [0.05, 0.1) is 11.8 Å². The Kier molecular flexibility index (Phi) is 4.36. The summed E-state index contributed by atoms with van der Waals surface area (Å²) in [5, 5.41) is 9.89. The number of aliphatic hydroxyl groups excluding tert-OH is 1. The Bertz CT molecular complexity index is 599. The Hall–Kier alpha value is -1.11. The van der Waals surface area contributed by atoms with Crippen molar-refractivity contribution in [1.29, 1.82) is 0 Å². The van der Waals surface area contributed by atoms with Gasteiger partial charge in [-0.25, -0.2) is 13.1 Å². The zero-order valence-electron chi connectivity index (χ0n) is 11.9. The fraction of sp³-hybridized carbons (Fsp3) is 0.571. The van der Waals surface area contributed by atoms with Crippen LogP contribution in [0.2, 0.25) is 0 Å². The van der Waals surface area contributed by atoms with Gasteiger partial charge in [-0.15, -0.1) is 0 Å². The molecular formula is C14H22N2O3S. The summed E-state index contributed by atoms with van der Waals surface area (Å²) in [4.78, 5) is 0.0957. The van der Waals surface area contributed by atoms with Crippen LogP contribution in [0.1, 0.15) is 36.8 Å². The molecule has 1 aromatic carbocycles. The summed E-state index contributed by atoms with van der Waals surface area (Å²) in [7, 11) is -3.70. The minimum absolute atomic E-state index is 0.0957. The number of hydrogen-bond donors (Lipinski definition) is 3. The zero-order chi connectivity index (χ0) is 14.9. The van der Waals surface area contributed by atoms with Crippen LogP contribution in [0, 0.1) is 13.8 Å². The molecule has 20 heavy (non-hydrogen) atoms. The Morgan fingerprint density at radius 2 is 1.80 bits per heavy atom. The molecule has 2 atom stereocenters. The van der Waals surface area contributed by atoms with Gasteiger partial charge in [0, 0.05) is 6.04 Å². The standard InChI is InChI=1S/C14H22N2O3S/c1-9-7-11(15)14(8-10(9)2)20(18,19)16-12-5-3-4-6-13(12)17/h7-8,12-13,16-17H,3-6,15H2,1-2H3/t12-,13-/m0/s1. The van der Waals surface area contributed by atoms with Crippen LogP contribution in [-0.4, -0.2) is 25.7 Å². The van der Waals surface area contributed by atoms with Crippen LogP contribution < -0.4 is 10.5 Å². The van der Waals surface area contributed by atoms with Crippen molar-refractivity contribution < 1.29 is 13.5 Å². The molecule has 0 radical (unpaired) electrons. The topological polar surface area (TPSA) is 92.4 Å². The molecule has 6 heteroatoms. The third-order valence-electron chi connectivity index (χ3n) is 3.95. The first-order valence-electron chi connectivity index (χ1n) is 6.88. The molecule has 0 heterocycles. The Morgan fingerprint density at radius 1 is 1.20 bits per heavy atom. The summed E-state index contributed by atoms with van der Waals surface area (Å²) >= 11 is 0. The maximum Gasteiger partial charge on any atom is 0.242 e. The quantitative estimate of drug-likeness (QED) is 0.737. The Labute approximate surface area is 120 Å². The number of hydrogen-bond acceptors (Lipinski definition) is 4. The van der Waals surface area contributed by atoms with E-state index in [1.54, 1.807) is 12.1 Å². The molecular weight excluding hydrogens is 276 g/mol. The molecule has 0 amide bonds. The summed E-state index contributed by atoms with van der Waals surface area (Å²) in [6.07, 6.45) is 2.53. The molecule has 1 aromatic rings. The van der Waals surface area contributed by atoms with E-state index in [9.17, 15) is 13.5 Å². The zero-order valence-corrected chi connectivity index (χ0v) is 12.7. The number of anilines is 1. The van der Waals surface area contributed by atoms with Gasteiger partial charge in [0.2, 0.25) is 10.0 Å². The third kappa shape index (κ3) is 3.13. The molecule has 1 aliphatic rings. The molecule has 0 aliphatic heterocycles. The van der Waals surface area contributed by atoms with Gasteiger partial charge < -0.3 is 10.8 Å². The number of benzene rings is 1. The maximum absolute atomic E-state index is 12.4. The molecule has 0 bridgehead atoms. The van der Waals surface area contributed by atoms with Gasteiger partial charge in [0.15, 0.2) is 0 Å². The molecule has 0 aromatic heterocycles. The van der Waals surface area contributed by atoms with Gasteiger partial charge in [-0.05, 0) is 49.9 Å². The molecule has 5 nitrogen and oxygen atoms in total. The van der Waals surface area contributed by atoms with Gasteiger partial charge in [0.25, 0.3) is 0 Å². The average Bonchev–Trinajstić information content (AvgIpc) is 2.36. The van der Waals surface area contributed by atoms with Crippen LogP contribution in [0.5, 0.6) is 0 Å². The van der Waals surface area contributed by atoms with Gasteiger partial charge in [-0.2, -0.15) is 0 Å². The predicted molar refractivity (Wildman–Crippen MR) is 78.9 cm³/mol. The van der Waals surface area contributed by atoms with Crippen LogP contribution in [0.3, 0.4) is 0 Å². The predicted octanol–water partition coefficient (Wildman–Crippen LogP) is 1.47. The second-order valence-corrected chi connectivity index (χ2v) is 7.24. The minimum atomic E-state index is -3.70. The van der Waals surface area contributed by atoms with E-state index in [1.807, 2.05) is 13.8 Å². The molecule has 1 aliphatic carbocycles. The first-order chi connectivity index (χ1) is 9.31. The van der Waals surface area contributed by atoms with Crippen molar-refractivity contribution >= 4 is 15.7 Å².